The van der Waals surface area contributed by atoms with Crippen LogP contribution in [-0.2, 0) is 28.4 Å². The van der Waals surface area contributed by atoms with Crippen molar-refractivity contribution in [3.05, 3.63) is 22.8 Å². The predicted octanol–water partition coefficient (Wildman–Crippen LogP) is 4.06. The number of hydrogen-bond acceptors (Lipinski definition) is 6. The van der Waals surface area contributed by atoms with E-state index in [0.29, 0.717) is 32.0 Å². The van der Waals surface area contributed by atoms with Crippen LogP contribution in [-0.4, -0.2) is 51.6 Å². The van der Waals surface area contributed by atoms with E-state index in [9.17, 15) is 0 Å². The van der Waals surface area contributed by atoms with Crippen molar-refractivity contribution in [2.75, 3.05) is 34.4 Å². The highest BCUT2D eigenvalue weighted by Crippen LogP contribution is 2.68. The zero-order valence-electron chi connectivity index (χ0n) is 18.5. The molecule has 1 saturated carbocycles. The number of allylic oxidation sites excluding steroid dienone is 3. The van der Waals surface area contributed by atoms with Gasteiger partial charge in [-0.2, -0.15) is 0 Å². The largest absolute Gasteiger partial charge is 0.353 e. The zero-order valence-corrected chi connectivity index (χ0v) is 18.5. The van der Waals surface area contributed by atoms with E-state index in [-0.39, 0.29) is 5.41 Å². The molecule has 0 aromatic carbocycles. The Hall–Kier alpha value is -0.760. The van der Waals surface area contributed by atoms with Gasteiger partial charge in [0.2, 0.25) is 5.79 Å². The summed E-state index contributed by atoms with van der Waals surface area (Å²) in [6, 6.07) is 0. The molecule has 3 fully saturated rings. The Balaban J connectivity index is 1.36. The van der Waals surface area contributed by atoms with Gasteiger partial charge in [0.15, 0.2) is 19.4 Å². The maximum Gasteiger partial charge on any atom is 0.226 e. The Morgan fingerprint density at radius 1 is 1.00 bits per heavy atom. The molecule has 1 unspecified atom stereocenters. The molecular formula is C24H34O6. The minimum absolute atomic E-state index is 0.000907. The van der Waals surface area contributed by atoms with E-state index in [4.69, 9.17) is 28.4 Å². The molecule has 0 N–H and O–H groups in total. The molecule has 6 aliphatic rings. The smallest absolute Gasteiger partial charge is 0.226 e. The van der Waals surface area contributed by atoms with Crippen molar-refractivity contribution >= 4 is 0 Å². The molecule has 0 amide bonds. The second-order valence-electron chi connectivity index (χ2n) is 10.2. The van der Waals surface area contributed by atoms with Crippen LogP contribution >= 0.6 is 0 Å². The number of hydrogen-bond donors (Lipinski definition) is 0. The Kier molecular flexibility index (Phi) is 4.39. The van der Waals surface area contributed by atoms with E-state index in [0.717, 1.165) is 44.9 Å². The van der Waals surface area contributed by atoms with Crippen LogP contribution in [0.2, 0.25) is 0 Å². The van der Waals surface area contributed by atoms with Crippen LogP contribution in [0.15, 0.2) is 22.8 Å². The van der Waals surface area contributed by atoms with Gasteiger partial charge < -0.3 is 28.4 Å². The molecule has 5 atom stereocenters. The number of fused-ring (bicyclic) bond motifs is 6. The van der Waals surface area contributed by atoms with Crippen LogP contribution in [0.25, 0.3) is 0 Å². The van der Waals surface area contributed by atoms with Gasteiger partial charge in [-0.05, 0) is 61.5 Å². The average Bonchev–Trinajstić information content (AvgIpc) is 3.48. The van der Waals surface area contributed by atoms with Crippen molar-refractivity contribution in [3.63, 3.8) is 0 Å². The first-order valence-electron chi connectivity index (χ1n) is 11.5. The lowest BCUT2D eigenvalue weighted by Gasteiger charge is -2.53. The first kappa shape index (κ1) is 19.9. The molecule has 4 aliphatic carbocycles. The first-order chi connectivity index (χ1) is 14.5. The van der Waals surface area contributed by atoms with Crippen molar-refractivity contribution in [2.45, 2.75) is 75.5 Å². The highest BCUT2D eigenvalue weighted by molar-refractivity contribution is 5.45. The summed E-state index contributed by atoms with van der Waals surface area (Å²) in [5, 5.41) is 0. The Labute approximate surface area is 178 Å². The highest BCUT2D eigenvalue weighted by Gasteiger charge is 2.74. The third-order valence-corrected chi connectivity index (χ3v) is 9.57. The van der Waals surface area contributed by atoms with E-state index < -0.39 is 17.2 Å². The molecule has 0 radical (unpaired) electrons. The van der Waals surface area contributed by atoms with Gasteiger partial charge in [-0.25, -0.2) is 0 Å². The molecule has 2 aliphatic heterocycles. The third-order valence-electron chi connectivity index (χ3n) is 9.57. The maximum absolute atomic E-state index is 6.45. The van der Waals surface area contributed by atoms with E-state index >= 15 is 0 Å². The summed E-state index contributed by atoms with van der Waals surface area (Å²) in [5.41, 5.74) is 4.34. The van der Waals surface area contributed by atoms with E-state index in [1.54, 1.807) is 30.9 Å². The van der Waals surface area contributed by atoms with Crippen molar-refractivity contribution < 1.29 is 28.4 Å². The van der Waals surface area contributed by atoms with Crippen molar-refractivity contribution in [3.8, 4) is 0 Å². The summed E-state index contributed by atoms with van der Waals surface area (Å²) >= 11 is 0. The van der Waals surface area contributed by atoms with Gasteiger partial charge in [-0.3, -0.25) is 0 Å². The summed E-state index contributed by atoms with van der Waals surface area (Å²) in [6.45, 7) is 3.50. The molecular weight excluding hydrogens is 384 g/mol. The lowest BCUT2D eigenvalue weighted by molar-refractivity contribution is -0.240. The minimum atomic E-state index is -0.734. The van der Waals surface area contributed by atoms with Crippen LogP contribution in [0, 0.1) is 17.3 Å². The van der Waals surface area contributed by atoms with Gasteiger partial charge in [0.1, 0.15) is 12.2 Å². The summed E-state index contributed by atoms with van der Waals surface area (Å²) in [7, 11) is 3.55. The molecule has 2 spiro atoms. The summed E-state index contributed by atoms with van der Waals surface area (Å²) in [6.07, 6.45) is 10.9. The van der Waals surface area contributed by atoms with Crippen LogP contribution in [0.3, 0.4) is 0 Å². The normalized spacial score (nSPS) is 46.8. The Morgan fingerprint density at radius 2 is 1.83 bits per heavy atom. The van der Waals surface area contributed by atoms with Crippen molar-refractivity contribution in [2.24, 2.45) is 17.3 Å². The van der Waals surface area contributed by atoms with Gasteiger partial charge in [-0.1, -0.05) is 18.6 Å². The zero-order chi connectivity index (χ0) is 20.6. The molecule has 6 heteroatoms. The molecule has 0 aromatic rings. The number of rotatable bonds is 2. The number of ether oxygens (including phenoxy) is 6. The maximum atomic E-state index is 6.45. The van der Waals surface area contributed by atoms with Gasteiger partial charge in [0.05, 0.1) is 0 Å². The summed E-state index contributed by atoms with van der Waals surface area (Å²) in [4.78, 5) is 0. The van der Waals surface area contributed by atoms with Crippen molar-refractivity contribution in [1.82, 2.24) is 0 Å². The first-order valence-corrected chi connectivity index (χ1v) is 11.5. The fourth-order valence-electron chi connectivity index (χ4n) is 7.96. The van der Waals surface area contributed by atoms with E-state index in [1.807, 2.05) is 0 Å². The molecule has 166 valence electrons. The molecule has 30 heavy (non-hydrogen) atoms. The van der Waals surface area contributed by atoms with Crippen LogP contribution in [0.1, 0.15) is 58.3 Å². The second kappa shape index (κ2) is 6.63. The molecule has 0 bridgehead atoms. The van der Waals surface area contributed by atoms with Crippen LogP contribution in [0.4, 0.5) is 0 Å². The fraction of sp³-hybridized carbons (Fsp3) is 0.833. The monoisotopic (exact) mass is 418 g/mol. The standard InChI is InChI=1S/C24H34O6/c1-21-9-6-18-17-7-10-22(25-2,26-3)12-16(17)4-5-19(18)20(21)8-11-23(21)24(30-15-28-23)13-27-14-29-24/h6,19-20H,4-5,7-15H2,1-3H3/t19-,20+,21+,23-,24?/m1/s1. The molecule has 2 saturated heterocycles. The summed E-state index contributed by atoms with van der Waals surface area (Å²) < 4.78 is 35.8. The van der Waals surface area contributed by atoms with Gasteiger partial charge in [0.25, 0.3) is 0 Å². The Morgan fingerprint density at radius 3 is 2.60 bits per heavy atom. The van der Waals surface area contributed by atoms with E-state index in [1.165, 1.54) is 6.42 Å². The van der Waals surface area contributed by atoms with Crippen molar-refractivity contribution in [1.29, 1.82) is 0 Å². The molecule has 2 heterocycles. The predicted molar refractivity (Wildman–Crippen MR) is 108 cm³/mol. The Bertz CT molecular complexity index is 786. The third kappa shape index (κ3) is 2.30. The average molecular weight is 419 g/mol. The molecule has 6 nitrogen and oxygen atoms in total. The van der Waals surface area contributed by atoms with Gasteiger partial charge in [-0.15, -0.1) is 0 Å². The lowest BCUT2D eigenvalue weighted by Crippen LogP contribution is -2.62. The highest BCUT2D eigenvalue weighted by atomic mass is 16.9. The SMILES string of the molecule is COC1(OC)CCC2=C(CC[C@@H]3C2=CC[C@@]2(C)[C@H]3CC[C@@]23OCOC32COCO2)C1. The van der Waals surface area contributed by atoms with Crippen LogP contribution in [0.5, 0.6) is 0 Å². The molecule has 0 aromatic heterocycles. The topological polar surface area (TPSA) is 55.4 Å². The lowest BCUT2D eigenvalue weighted by atomic mass is 9.55. The fourth-order valence-corrected chi connectivity index (χ4v) is 7.96. The van der Waals surface area contributed by atoms with Crippen LogP contribution < -0.4 is 0 Å². The summed E-state index contributed by atoms with van der Waals surface area (Å²) in [5.74, 6) is 0.0185. The number of methoxy groups -OCH3 is 2. The van der Waals surface area contributed by atoms with Gasteiger partial charge in [0, 0.05) is 32.5 Å². The quantitative estimate of drug-likeness (QED) is 0.631. The minimum Gasteiger partial charge on any atom is -0.353 e. The molecule has 6 rings (SSSR count). The second-order valence-corrected chi connectivity index (χ2v) is 10.2. The van der Waals surface area contributed by atoms with E-state index in [2.05, 4.69) is 13.0 Å². The van der Waals surface area contributed by atoms with Gasteiger partial charge >= 0.3 is 0 Å².